The number of carbonyl (C=O) groups excluding carboxylic acids is 2. The predicted molar refractivity (Wildman–Crippen MR) is 164 cm³/mol. The fourth-order valence-corrected chi connectivity index (χ4v) is 6.20. The third-order valence-electron chi connectivity index (χ3n) is 8.86. The number of likely N-dealkylation sites (tertiary alicyclic amines) is 1. The monoisotopic (exact) mass is 605 g/mol. The molecule has 1 aromatic carbocycles. The SMILES string of the molecule is CC(C)c1cnn2c(NC3CCC(C(=O)OC4CCN(C(=O)OCc5ccccc5)C4)CC3)nc(NC3CCOCC3)nc12. The van der Waals surface area contributed by atoms with Gasteiger partial charge in [0.2, 0.25) is 11.9 Å². The number of amides is 1. The summed E-state index contributed by atoms with van der Waals surface area (Å²) in [7, 11) is 0. The van der Waals surface area contributed by atoms with Crippen LogP contribution in [0.1, 0.15) is 75.8 Å². The van der Waals surface area contributed by atoms with Gasteiger partial charge in [-0.1, -0.05) is 44.2 Å². The maximum absolute atomic E-state index is 13.1. The molecule has 2 aliphatic heterocycles. The molecule has 44 heavy (non-hydrogen) atoms. The molecule has 2 saturated heterocycles. The number of rotatable bonds is 9. The van der Waals surface area contributed by atoms with Gasteiger partial charge in [0.05, 0.1) is 18.7 Å². The number of hydrogen-bond donors (Lipinski definition) is 2. The molecular formula is C32H43N7O5. The summed E-state index contributed by atoms with van der Waals surface area (Å²) in [6, 6.07) is 10.0. The van der Waals surface area contributed by atoms with Crippen molar-refractivity contribution in [1.29, 1.82) is 0 Å². The highest BCUT2D eigenvalue weighted by atomic mass is 16.6. The van der Waals surface area contributed by atoms with E-state index in [0.717, 1.165) is 68.5 Å². The van der Waals surface area contributed by atoms with Crippen LogP contribution in [-0.2, 0) is 25.6 Å². The fraction of sp³-hybridized carbons (Fsp3) is 0.594. The Balaban J connectivity index is 1.01. The number of hydrogen-bond acceptors (Lipinski definition) is 10. The number of aromatic nitrogens is 4. The number of nitrogens with zero attached hydrogens (tertiary/aromatic N) is 5. The lowest BCUT2D eigenvalue weighted by molar-refractivity contribution is -0.154. The Bertz CT molecular complexity index is 1420. The zero-order valence-corrected chi connectivity index (χ0v) is 25.6. The number of carbonyl (C=O) groups is 2. The Morgan fingerprint density at radius 2 is 1.73 bits per heavy atom. The van der Waals surface area contributed by atoms with Crippen LogP contribution in [0.5, 0.6) is 0 Å². The average molecular weight is 606 g/mol. The van der Waals surface area contributed by atoms with Crippen LogP contribution in [0.25, 0.3) is 5.65 Å². The first-order valence-electron chi connectivity index (χ1n) is 16.0. The van der Waals surface area contributed by atoms with E-state index >= 15 is 0 Å². The summed E-state index contributed by atoms with van der Waals surface area (Å²) in [6.45, 7) is 6.87. The summed E-state index contributed by atoms with van der Waals surface area (Å²) < 4.78 is 18.6. The molecule has 2 aromatic heterocycles. The van der Waals surface area contributed by atoms with Gasteiger partial charge in [0.25, 0.3) is 0 Å². The normalized spacial score (nSPS) is 22.7. The lowest BCUT2D eigenvalue weighted by Crippen LogP contribution is -2.34. The first kappa shape index (κ1) is 30.1. The summed E-state index contributed by atoms with van der Waals surface area (Å²) in [4.78, 5) is 36.8. The van der Waals surface area contributed by atoms with Gasteiger partial charge in [0.1, 0.15) is 12.7 Å². The highest BCUT2D eigenvalue weighted by Crippen LogP contribution is 2.30. The average Bonchev–Trinajstić information content (AvgIpc) is 3.69. The van der Waals surface area contributed by atoms with E-state index in [-0.39, 0.29) is 48.7 Å². The highest BCUT2D eigenvalue weighted by molar-refractivity contribution is 5.73. The molecule has 1 aliphatic carbocycles. The van der Waals surface area contributed by atoms with Gasteiger partial charge in [-0.2, -0.15) is 19.6 Å². The fourth-order valence-electron chi connectivity index (χ4n) is 6.20. The third-order valence-corrected chi connectivity index (χ3v) is 8.86. The van der Waals surface area contributed by atoms with Crippen molar-refractivity contribution in [2.45, 2.75) is 89.5 Å². The molecular weight excluding hydrogens is 562 g/mol. The van der Waals surface area contributed by atoms with Crippen molar-refractivity contribution in [3.8, 4) is 0 Å². The molecule has 1 atom stereocenters. The molecule has 12 heteroatoms. The molecule has 3 fully saturated rings. The Labute approximate surface area is 257 Å². The smallest absolute Gasteiger partial charge is 0.410 e. The largest absolute Gasteiger partial charge is 0.460 e. The van der Waals surface area contributed by atoms with Crippen LogP contribution in [0, 0.1) is 5.92 Å². The van der Waals surface area contributed by atoms with E-state index in [2.05, 4.69) is 29.6 Å². The van der Waals surface area contributed by atoms with Gasteiger partial charge < -0.3 is 29.7 Å². The molecule has 3 aromatic rings. The van der Waals surface area contributed by atoms with Crippen molar-refractivity contribution >= 4 is 29.6 Å². The lowest BCUT2D eigenvalue weighted by atomic mass is 9.86. The first-order valence-corrected chi connectivity index (χ1v) is 16.0. The van der Waals surface area contributed by atoms with Crippen molar-refractivity contribution in [2.24, 2.45) is 5.92 Å². The van der Waals surface area contributed by atoms with Crippen molar-refractivity contribution < 1.29 is 23.8 Å². The Kier molecular flexibility index (Phi) is 9.44. The second-order valence-electron chi connectivity index (χ2n) is 12.4. The molecule has 6 rings (SSSR count). The van der Waals surface area contributed by atoms with Gasteiger partial charge in [-0.05, 0) is 50.0 Å². The molecule has 236 valence electrons. The summed E-state index contributed by atoms with van der Waals surface area (Å²) in [5.74, 6) is 1.21. The standard InChI is InChI=1S/C32H43N7O5/c1-21(2)27-18-33-39-28(27)36-30(34-25-13-16-42-17-14-25)37-31(39)35-24-10-8-23(9-11-24)29(40)44-26-12-15-38(19-26)32(41)43-20-22-6-4-3-5-7-22/h3-7,18,21,23-26H,8-17,19-20H2,1-2H3,(H2,34,35,36,37). The van der Waals surface area contributed by atoms with E-state index < -0.39 is 0 Å². The minimum atomic E-state index is -0.373. The second kappa shape index (κ2) is 13.8. The quantitative estimate of drug-likeness (QED) is 0.329. The molecule has 3 aliphatic rings. The minimum absolute atomic E-state index is 0.152. The van der Waals surface area contributed by atoms with Crippen molar-refractivity contribution in [3.63, 3.8) is 0 Å². The van der Waals surface area contributed by atoms with Gasteiger partial charge in [0.15, 0.2) is 5.65 Å². The molecule has 4 heterocycles. The third kappa shape index (κ3) is 7.23. The molecule has 0 spiro atoms. The number of ether oxygens (including phenoxy) is 3. The second-order valence-corrected chi connectivity index (χ2v) is 12.4. The summed E-state index contributed by atoms with van der Waals surface area (Å²) in [5, 5.41) is 11.7. The maximum atomic E-state index is 13.1. The van der Waals surface area contributed by atoms with Gasteiger partial charge >= 0.3 is 12.1 Å². The van der Waals surface area contributed by atoms with Crippen molar-refractivity contribution in [1.82, 2.24) is 24.5 Å². The molecule has 12 nitrogen and oxygen atoms in total. The van der Waals surface area contributed by atoms with E-state index in [4.69, 9.17) is 24.2 Å². The molecule has 1 unspecified atom stereocenters. The van der Waals surface area contributed by atoms with E-state index in [1.54, 1.807) is 9.42 Å². The first-order chi connectivity index (χ1) is 21.4. The molecule has 0 bridgehead atoms. The van der Waals surface area contributed by atoms with E-state index in [9.17, 15) is 9.59 Å². The Morgan fingerprint density at radius 3 is 2.48 bits per heavy atom. The minimum Gasteiger partial charge on any atom is -0.460 e. The van der Waals surface area contributed by atoms with Crippen LogP contribution in [0.15, 0.2) is 36.5 Å². The van der Waals surface area contributed by atoms with Gasteiger partial charge in [-0.3, -0.25) is 4.79 Å². The van der Waals surface area contributed by atoms with Crippen LogP contribution in [0.2, 0.25) is 0 Å². The number of benzene rings is 1. The number of anilines is 2. The van der Waals surface area contributed by atoms with Crippen LogP contribution in [-0.4, -0.2) is 81.0 Å². The van der Waals surface area contributed by atoms with E-state index in [0.29, 0.717) is 31.4 Å². The van der Waals surface area contributed by atoms with Crippen LogP contribution >= 0.6 is 0 Å². The predicted octanol–water partition coefficient (Wildman–Crippen LogP) is 4.76. The molecule has 1 saturated carbocycles. The summed E-state index contributed by atoms with van der Waals surface area (Å²) >= 11 is 0. The maximum Gasteiger partial charge on any atom is 0.410 e. The zero-order valence-electron chi connectivity index (χ0n) is 25.6. The van der Waals surface area contributed by atoms with E-state index in [1.807, 2.05) is 36.5 Å². The van der Waals surface area contributed by atoms with Crippen LogP contribution in [0.3, 0.4) is 0 Å². The van der Waals surface area contributed by atoms with Crippen molar-refractivity contribution in [3.05, 3.63) is 47.7 Å². The summed E-state index contributed by atoms with van der Waals surface area (Å²) in [6.07, 6.45) is 6.75. The number of esters is 1. The Hall–Kier alpha value is -3.93. The number of nitrogens with one attached hydrogen (secondary N) is 2. The van der Waals surface area contributed by atoms with Gasteiger partial charge in [0, 0.05) is 43.8 Å². The van der Waals surface area contributed by atoms with Gasteiger partial charge in [-0.15, -0.1) is 0 Å². The molecule has 0 radical (unpaired) electrons. The highest BCUT2D eigenvalue weighted by Gasteiger charge is 2.34. The zero-order chi connectivity index (χ0) is 30.5. The van der Waals surface area contributed by atoms with Crippen LogP contribution in [0.4, 0.5) is 16.7 Å². The van der Waals surface area contributed by atoms with E-state index in [1.165, 1.54) is 0 Å². The number of fused-ring (bicyclic) bond motifs is 1. The Morgan fingerprint density at radius 1 is 0.977 bits per heavy atom. The van der Waals surface area contributed by atoms with Crippen molar-refractivity contribution in [2.75, 3.05) is 36.9 Å². The topological polar surface area (TPSA) is 132 Å². The van der Waals surface area contributed by atoms with Gasteiger partial charge in [-0.25, -0.2) is 4.79 Å². The molecule has 1 amide bonds. The van der Waals surface area contributed by atoms with Crippen LogP contribution < -0.4 is 10.6 Å². The lowest BCUT2D eigenvalue weighted by Gasteiger charge is -2.29. The summed E-state index contributed by atoms with van der Waals surface area (Å²) in [5.41, 5.74) is 2.82. The molecule has 2 N–H and O–H groups in total.